The van der Waals surface area contributed by atoms with E-state index >= 15 is 0 Å². The monoisotopic (exact) mass is 219 g/mol. The lowest BCUT2D eigenvalue weighted by atomic mass is 9.76. The highest BCUT2D eigenvalue weighted by Crippen LogP contribution is 2.36. The molecule has 0 spiro atoms. The smallest absolute Gasteiger partial charge is 0.157 e. The zero-order valence-corrected chi connectivity index (χ0v) is 9.53. The highest BCUT2D eigenvalue weighted by molar-refractivity contribution is 5.90. The number of benzene rings is 1. The first-order valence-corrected chi connectivity index (χ1v) is 5.64. The molecular weight excluding hydrogens is 202 g/mol. The fourth-order valence-corrected chi connectivity index (χ4v) is 2.35. The molecule has 0 radical (unpaired) electrons. The van der Waals surface area contributed by atoms with Gasteiger partial charge in [-0.15, -0.1) is 0 Å². The van der Waals surface area contributed by atoms with E-state index in [4.69, 9.17) is 10.5 Å². The van der Waals surface area contributed by atoms with Crippen LogP contribution in [0.3, 0.4) is 0 Å². The summed E-state index contributed by atoms with van der Waals surface area (Å²) in [6.45, 7) is 0. The zero-order chi connectivity index (χ0) is 11.6. The summed E-state index contributed by atoms with van der Waals surface area (Å²) in [5, 5.41) is 0. The van der Waals surface area contributed by atoms with Crippen LogP contribution >= 0.6 is 0 Å². The van der Waals surface area contributed by atoms with Crippen molar-refractivity contribution in [3.8, 4) is 5.75 Å². The SMILES string of the molecule is COc1ccccc1C1(N)CCCCC1=O. The van der Waals surface area contributed by atoms with E-state index in [1.54, 1.807) is 7.11 Å². The third-order valence-corrected chi connectivity index (χ3v) is 3.31. The third-order valence-electron chi connectivity index (χ3n) is 3.31. The molecule has 2 rings (SSSR count). The van der Waals surface area contributed by atoms with Crippen molar-refractivity contribution < 1.29 is 9.53 Å². The highest BCUT2D eigenvalue weighted by Gasteiger charge is 2.39. The van der Waals surface area contributed by atoms with Gasteiger partial charge in [0.15, 0.2) is 5.78 Å². The van der Waals surface area contributed by atoms with Gasteiger partial charge >= 0.3 is 0 Å². The number of rotatable bonds is 2. The minimum absolute atomic E-state index is 0.128. The van der Waals surface area contributed by atoms with Gasteiger partial charge in [0, 0.05) is 12.0 Å². The summed E-state index contributed by atoms with van der Waals surface area (Å²) in [7, 11) is 1.61. The Labute approximate surface area is 95.6 Å². The minimum atomic E-state index is -0.842. The molecule has 1 aliphatic rings. The van der Waals surface area contributed by atoms with Gasteiger partial charge < -0.3 is 10.5 Å². The van der Waals surface area contributed by atoms with Crippen LogP contribution in [0.15, 0.2) is 24.3 Å². The summed E-state index contributed by atoms with van der Waals surface area (Å²) in [5.74, 6) is 0.837. The van der Waals surface area contributed by atoms with E-state index in [0.29, 0.717) is 18.6 Å². The lowest BCUT2D eigenvalue weighted by Gasteiger charge is -2.33. The second kappa shape index (κ2) is 4.26. The summed E-state index contributed by atoms with van der Waals surface area (Å²) in [5.41, 5.74) is 6.25. The Morgan fingerprint density at radius 1 is 1.31 bits per heavy atom. The Morgan fingerprint density at radius 2 is 2.06 bits per heavy atom. The highest BCUT2D eigenvalue weighted by atomic mass is 16.5. The van der Waals surface area contributed by atoms with Gasteiger partial charge in [0.2, 0.25) is 0 Å². The Balaban J connectivity index is 2.44. The number of ketones is 1. The van der Waals surface area contributed by atoms with Crippen LogP contribution in [0.1, 0.15) is 31.2 Å². The molecule has 3 nitrogen and oxygen atoms in total. The van der Waals surface area contributed by atoms with Crippen LogP contribution < -0.4 is 10.5 Å². The number of ether oxygens (including phenoxy) is 1. The van der Waals surface area contributed by atoms with Gasteiger partial charge in [-0.25, -0.2) is 0 Å². The van der Waals surface area contributed by atoms with Crippen molar-refractivity contribution in [3.05, 3.63) is 29.8 Å². The van der Waals surface area contributed by atoms with E-state index in [0.717, 1.165) is 18.4 Å². The van der Waals surface area contributed by atoms with Crippen molar-refractivity contribution >= 4 is 5.78 Å². The molecule has 86 valence electrons. The molecule has 0 bridgehead atoms. The van der Waals surface area contributed by atoms with Crippen molar-refractivity contribution in [3.63, 3.8) is 0 Å². The van der Waals surface area contributed by atoms with Gasteiger partial charge in [0.1, 0.15) is 11.3 Å². The van der Waals surface area contributed by atoms with Crippen molar-refractivity contribution in [1.82, 2.24) is 0 Å². The van der Waals surface area contributed by atoms with E-state index in [1.165, 1.54) is 0 Å². The molecule has 16 heavy (non-hydrogen) atoms. The van der Waals surface area contributed by atoms with Crippen molar-refractivity contribution in [2.24, 2.45) is 5.73 Å². The maximum atomic E-state index is 12.0. The topological polar surface area (TPSA) is 52.3 Å². The molecule has 2 N–H and O–H groups in total. The molecule has 0 saturated heterocycles. The predicted molar refractivity (Wildman–Crippen MR) is 62.3 cm³/mol. The van der Waals surface area contributed by atoms with Gasteiger partial charge in [0.25, 0.3) is 0 Å². The normalized spacial score (nSPS) is 25.5. The van der Waals surface area contributed by atoms with E-state index in [2.05, 4.69) is 0 Å². The van der Waals surface area contributed by atoms with Gasteiger partial charge in [-0.2, -0.15) is 0 Å². The van der Waals surface area contributed by atoms with Crippen molar-refractivity contribution in [1.29, 1.82) is 0 Å². The molecule has 0 amide bonds. The van der Waals surface area contributed by atoms with E-state index < -0.39 is 5.54 Å². The number of nitrogens with two attached hydrogens (primary N) is 1. The van der Waals surface area contributed by atoms with Crippen LogP contribution in [0.25, 0.3) is 0 Å². The summed E-state index contributed by atoms with van der Waals surface area (Å²) in [6, 6.07) is 7.53. The largest absolute Gasteiger partial charge is 0.496 e. The van der Waals surface area contributed by atoms with Crippen LogP contribution in [0.4, 0.5) is 0 Å². The number of carbonyl (C=O) groups excluding carboxylic acids is 1. The molecule has 1 atom stereocenters. The Kier molecular flexibility index (Phi) is 2.97. The van der Waals surface area contributed by atoms with Crippen LogP contribution in [0.5, 0.6) is 5.75 Å². The number of hydrogen-bond acceptors (Lipinski definition) is 3. The van der Waals surface area contributed by atoms with Crippen LogP contribution in [-0.4, -0.2) is 12.9 Å². The van der Waals surface area contributed by atoms with Crippen molar-refractivity contribution in [2.75, 3.05) is 7.11 Å². The third kappa shape index (κ3) is 1.71. The van der Waals surface area contributed by atoms with Crippen LogP contribution in [0, 0.1) is 0 Å². The average Bonchev–Trinajstić information content (AvgIpc) is 2.33. The van der Waals surface area contributed by atoms with Gasteiger partial charge in [-0.3, -0.25) is 4.79 Å². The van der Waals surface area contributed by atoms with E-state index in [-0.39, 0.29) is 5.78 Å². The van der Waals surface area contributed by atoms with Crippen LogP contribution in [0.2, 0.25) is 0 Å². The van der Waals surface area contributed by atoms with E-state index in [9.17, 15) is 4.79 Å². The lowest BCUT2D eigenvalue weighted by Crippen LogP contribution is -2.47. The van der Waals surface area contributed by atoms with Gasteiger partial charge in [-0.05, 0) is 18.9 Å². The number of Topliss-reactive ketones (excluding diaryl/α,β-unsaturated/α-hetero) is 1. The quantitative estimate of drug-likeness (QED) is 0.827. The first-order chi connectivity index (χ1) is 7.68. The first-order valence-electron chi connectivity index (χ1n) is 5.64. The van der Waals surface area contributed by atoms with Gasteiger partial charge in [-0.1, -0.05) is 24.6 Å². The van der Waals surface area contributed by atoms with Crippen LogP contribution in [-0.2, 0) is 10.3 Å². The average molecular weight is 219 g/mol. The summed E-state index contributed by atoms with van der Waals surface area (Å²) in [4.78, 5) is 12.0. The first kappa shape index (κ1) is 11.1. The molecule has 1 aromatic rings. The lowest BCUT2D eigenvalue weighted by molar-refractivity contribution is -0.126. The van der Waals surface area contributed by atoms with E-state index in [1.807, 2.05) is 24.3 Å². The molecule has 1 saturated carbocycles. The Bertz CT molecular complexity index is 403. The van der Waals surface area contributed by atoms with Crippen molar-refractivity contribution in [2.45, 2.75) is 31.2 Å². The second-order valence-corrected chi connectivity index (χ2v) is 4.30. The number of carbonyl (C=O) groups is 1. The molecule has 0 aliphatic heterocycles. The Hall–Kier alpha value is -1.35. The summed E-state index contributed by atoms with van der Waals surface area (Å²) in [6.07, 6.45) is 3.24. The zero-order valence-electron chi connectivity index (χ0n) is 9.53. The number of hydrogen-bond donors (Lipinski definition) is 1. The molecule has 0 heterocycles. The fourth-order valence-electron chi connectivity index (χ4n) is 2.35. The predicted octanol–water partition coefficient (Wildman–Crippen LogP) is 1.99. The molecule has 0 aromatic heterocycles. The molecule has 1 aliphatic carbocycles. The fraction of sp³-hybridized carbons (Fsp3) is 0.462. The number of methoxy groups -OCH3 is 1. The number of para-hydroxylation sites is 1. The molecule has 1 aromatic carbocycles. The summed E-state index contributed by atoms with van der Waals surface area (Å²) < 4.78 is 5.28. The molecule has 1 unspecified atom stereocenters. The minimum Gasteiger partial charge on any atom is -0.496 e. The maximum absolute atomic E-state index is 12.0. The second-order valence-electron chi connectivity index (χ2n) is 4.30. The molecular formula is C13H17NO2. The summed E-state index contributed by atoms with van der Waals surface area (Å²) >= 11 is 0. The standard InChI is InChI=1S/C13H17NO2/c1-16-11-7-3-2-6-10(11)13(14)9-5-4-8-12(13)15/h2-3,6-7H,4-5,8-9,14H2,1H3. The van der Waals surface area contributed by atoms with Gasteiger partial charge in [0.05, 0.1) is 7.11 Å². The molecule has 1 fully saturated rings. The maximum Gasteiger partial charge on any atom is 0.157 e. The molecule has 3 heteroatoms. The Morgan fingerprint density at radius 3 is 2.75 bits per heavy atom.